The first-order valence-electron chi connectivity index (χ1n) is 4.17. The predicted molar refractivity (Wildman–Crippen MR) is 57.7 cm³/mol. The van der Waals surface area contributed by atoms with Gasteiger partial charge in [-0.1, -0.05) is 15.9 Å². The molecule has 1 aromatic heterocycles. The molecule has 1 N–H and O–H groups in total. The fourth-order valence-electron chi connectivity index (χ4n) is 1.23. The molecule has 0 radical (unpaired) electrons. The van der Waals surface area contributed by atoms with E-state index in [0.717, 1.165) is 10.0 Å². The SMILES string of the molecule is Cc1cnn(-c2ccc(Br)cc2O)c1. The van der Waals surface area contributed by atoms with E-state index in [-0.39, 0.29) is 5.75 Å². The minimum absolute atomic E-state index is 0.211. The Kier molecular flexibility index (Phi) is 2.29. The zero-order valence-corrected chi connectivity index (χ0v) is 9.19. The van der Waals surface area contributed by atoms with Gasteiger partial charge in [0, 0.05) is 10.7 Å². The third-order valence-electron chi connectivity index (χ3n) is 1.90. The maximum absolute atomic E-state index is 9.66. The number of phenols is 1. The average Bonchev–Trinajstić information content (AvgIpc) is 2.51. The summed E-state index contributed by atoms with van der Waals surface area (Å²) in [6.45, 7) is 1.96. The van der Waals surface area contributed by atoms with E-state index in [1.54, 1.807) is 16.9 Å². The molecule has 0 aliphatic carbocycles. The van der Waals surface area contributed by atoms with Gasteiger partial charge < -0.3 is 5.11 Å². The fraction of sp³-hybridized carbons (Fsp3) is 0.100. The van der Waals surface area contributed by atoms with Crippen LogP contribution in [0, 0.1) is 6.92 Å². The Bertz CT molecular complexity index is 465. The van der Waals surface area contributed by atoms with Crippen molar-refractivity contribution in [2.24, 2.45) is 0 Å². The summed E-state index contributed by atoms with van der Waals surface area (Å²) < 4.78 is 2.50. The van der Waals surface area contributed by atoms with Gasteiger partial charge in [-0.15, -0.1) is 0 Å². The van der Waals surface area contributed by atoms with E-state index in [0.29, 0.717) is 5.69 Å². The number of aromatic nitrogens is 2. The van der Waals surface area contributed by atoms with Crippen molar-refractivity contribution in [2.75, 3.05) is 0 Å². The molecule has 0 saturated carbocycles. The molecule has 0 fully saturated rings. The van der Waals surface area contributed by atoms with Crippen LogP contribution in [-0.2, 0) is 0 Å². The van der Waals surface area contributed by atoms with Gasteiger partial charge >= 0.3 is 0 Å². The number of halogens is 1. The molecule has 0 amide bonds. The number of hydrogen-bond acceptors (Lipinski definition) is 2. The number of nitrogens with zero attached hydrogens (tertiary/aromatic N) is 2. The molecule has 0 bridgehead atoms. The Labute approximate surface area is 90.1 Å². The van der Waals surface area contributed by atoms with E-state index >= 15 is 0 Å². The Balaban J connectivity index is 2.52. The topological polar surface area (TPSA) is 38.0 Å². The lowest BCUT2D eigenvalue weighted by atomic mass is 10.3. The molecule has 4 heteroatoms. The molecule has 2 rings (SSSR count). The van der Waals surface area contributed by atoms with E-state index < -0.39 is 0 Å². The lowest BCUT2D eigenvalue weighted by Gasteiger charge is -2.04. The van der Waals surface area contributed by atoms with Gasteiger partial charge in [0.1, 0.15) is 11.4 Å². The van der Waals surface area contributed by atoms with Crippen LogP contribution in [0.4, 0.5) is 0 Å². The van der Waals surface area contributed by atoms with E-state index in [9.17, 15) is 5.11 Å². The van der Waals surface area contributed by atoms with Gasteiger partial charge in [0.25, 0.3) is 0 Å². The van der Waals surface area contributed by atoms with E-state index in [4.69, 9.17) is 0 Å². The van der Waals surface area contributed by atoms with Gasteiger partial charge in [-0.25, -0.2) is 4.68 Å². The van der Waals surface area contributed by atoms with Gasteiger partial charge in [-0.2, -0.15) is 5.10 Å². The lowest BCUT2D eigenvalue weighted by Crippen LogP contribution is -1.94. The number of hydrogen-bond donors (Lipinski definition) is 1. The second-order valence-electron chi connectivity index (χ2n) is 3.10. The van der Waals surface area contributed by atoms with Crippen LogP contribution in [0.3, 0.4) is 0 Å². The zero-order valence-electron chi connectivity index (χ0n) is 7.61. The second-order valence-corrected chi connectivity index (χ2v) is 4.01. The van der Waals surface area contributed by atoms with Crippen molar-refractivity contribution < 1.29 is 5.11 Å². The first kappa shape index (κ1) is 9.27. The molecule has 14 heavy (non-hydrogen) atoms. The molecule has 0 saturated heterocycles. The molecule has 0 atom stereocenters. The largest absolute Gasteiger partial charge is 0.506 e. The van der Waals surface area contributed by atoms with Gasteiger partial charge in [-0.05, 0) is 30.7 Å². The van der Waals surface area contributed by atoms with Crippen LogP contribution in [0.25, 0.3) is 5.69 Å². The van der Waals surface area contributed by atoms with Crippen molar-refractivity contribution in [3.05, 3.63) is 40.6 Å². The number of rotatable bonds is 1. The van der Waals surface area contributed by atoms with Gasteiger partial charge in [-0.3, -0.25) is 0 Å². The van der Waals surface area contributed by atoms with Crippen LogP contribution in [-0.4, -0.2) is 14.9 Å². The number of aromatic hydroxyl groups is 1. The summed E-state index contributed by atoms with van der Waals surface area (Å²) in [5.74, 6) is 0.211. The third kappa shape index (κ3) is 1.65. The first-order chi connectivity index (χ1) is 6.66. The number of aryl methyl sites for hydroxylation is 1. The van der Waals surface area contributed by atoms with Crippen LogP contribution >= 0.6 is 15.9 Å². The molecular weight excluding hydrogens is 244 g/mol. The molecular formula is C10H9BrN2O. The fourth-order valence-corrected chi connectivity index (χ4v) is 1.58. The molecule has 1 heterocycles. The molecule has 0 aliphatic heterocycles. The van der Waals surface area contributed by atoms with E-state index in [2.05, 4.69) is 21.0 Å². The molecule has 0 spiro atoms. The monoisotopic (exact) mass is 252 g/mol. The van der Waals surface area contributed by atoms with Crippen LogP contribution < -0.4 is 0 Å². The number of benzene rings is 1. The highest BCUT2D eigenvalue weighted by molar-refractivity contribution is 9.10. The molecule has 72 valence electrons. The van der Waals surface area contributed by atoms with Crippen molar-refractivity contribution in [1.29, 1.82) is 0 Å². The Morgan fingerprint density at radius 2 is 2.21 bits per heavy atom. The maximum atomic E-state index is 9.66. The lowest BCUT2D eigenvalue weighted by molar-refractivity contribution is 0.470. The number of phenolic OH excluding ortho intramolecular Hbond substituents is 1. The molecule has 3 nitrogen and oxygen atoms in total. The Morgan fingerprint density at radius 3 is 2.79 bits per heavy atom. The van der Waals surface area contributed by atoms with Crippen LogP contribution in [0.1, 0.15) is 5.56 Å². The summed E-state index contributed by atoms with van der Waals surface area (Å²) in [4.78, 5) is 0. The van der Waals surface area contributed by atoms with Gasteiger partial charge in [0.2, 0.25) is 0 Å². The molecule has 0 aliphatic rings. The summed E-state index contributed by atoms with van der Waals surface area (Å²) in [6, 6.07) is 5.32. The normalized spacial score (nSPS) is 10.4. The standard InChI is InChI=1S/C10H9BrN2O/c1-7-5-12-13(6-7)9-3-2-8(11)4-10(9)14/h2-6,14H,1H3. The summed E-state index contributed by atoms with van der Waals surface area (Å²) in [5.41, 5.74) is 1.74. The minimum Gasteiger partial charge on any atom is -0.506 e. The van der Waals surface area contributed by atoms with Gasteiger partial charge in [0.15, 0.2) is 0 Å². The smallest absolute Gasteiger partial charge is 0.142 e. The van der Waals surface area contributed by atoms with Crippen molar-refractivity contribution >= 4 is 15.9 Å². The average molecular weight is 253 g/mol. The molecule has 2 aromatic rings. The minimum atomic E-state index is 0.211. The van der Waals surface area contributed by atoms with Crippen LogP contribution in [0.5, 0.6) is 5.75 Å². The quantitative estimate of drug-likeness (QED) is 0.848. The summed E-state index contributed by atoms with van der Waals surface area (Å²) in [7, 11) is 0. The van der Waals surface area contributed by atoms with Crippen molar-refractivity contribution in [1.82, 2.24) is 9.78 Å². The summed E-state index contributed by atoms with van der Waals surface area (Å²) >= 11 is 3.28. The van der Waals surface area contributed by atoms with Crippen molar-refractivity contribution in [3.8, 4) is 11.4 Å². The van der Waals surface area contributed by atoms with E-state index in [1.165, 1.54) is 0 Å². The van der Waals surface area contributed by atoms with Crippen molar-refractivity contribution in [3.63, 3.8) is 0 Å². The summed E-state index contributed by atoms with van der Waals surface area (Å²) in [6.07, 6.45) is 3.62. The highest BCUT2D eigenvalue weighted by atomic mass is 79.9. The highest BCUT2D eigenvalue weighted by Gasteiger charge is 2.04. The van der Waals surface area contributed by atoms with Crippen LogP contribution in [0.2, 0.25) is 0 Å². The van der Waals surface area contributed by atoms with Crippen LogP contribution in [0.15, 0.2) is 35.1 Å². The second kappa shape index (κ2) is 3.46. The zero-order chi connectivity index (χ0) is 10.1. The van der Waals surface area contributed by atoms with Crippen molar-refractivity contribution in [2.45, 2.75) is 6.92 Å². The van der Waals surface area contributed by atoms with E-state index in [1.807, 2.05) is 25.3 Å². The Hall–Kier alpha value is -1.29. The first-order valence-corrected chi connectivity index (χ1v) is 4.96. The maximum Gasteiger partial charge on any atom is 0.142 e. The highest BCUT2D eigenvalue weighted by Crippen LogP contribution is 2.25. The molecule has 1 aromatic carbocycles. The summed E-state index contributed by atoms with van der Waals surface area (Å²) in [5, 5.41) is 13.8. The predicted octanol–water partition coefficient (Wildman–Crippen LogP) is 2.65. The third-order valence-corrected chi connectivity index (χ3v) is 2.39. The molecule has 0 unspecified atom stereocenters. The van der Waals surface area contributed by atoms with Gasteiger partial charge in [0.05, 0.1) is 6.20 Å². The Morgan fingerprint density at radius 1 is 1.43 bits per heavy atom.